The number of nitrogens with one attached hydrogen (secondary N) is 1. The van der Waals surface area contributed by atoms with Gasteiger partial charge >= 0.3 is 0 Å². The highest BCUT2D eigenvalue weighted by molar-refractivity contribution is 7.09. The first kappa shape index (κ1) is 16.6. The molecule has 24 heavy (non-hydrogen) atoms. The van der Waals surface area contributed by atoms with Crippen LogP contribution in [0.3, 0.4) is 0 Å². The van der Waals surface area contributed by atoms with Gasteiger partial charge in [0, 0.05) is 30.8 Å². The molecule has 3 rings (SSSR count). The number of hydrogen-bond acceptors (Lipinski definition) is 4. The van der Waals surface area contributed by atoms with Crippen LogP contribution in [0.15, 0.2) is 35.8 Å². The second-order valence-corrected chi connectivity index (χ2v) is 6.88. The second-order valence-electron chi connectivity index (χ2n) is 5.94. The van der Waals surface area contributed by atoms with Gasteiger partial charge in [0.05, 0.1) is 11.2 Å². The summed E-state index contributed by atoms with van der Waals surface area (Å²) >= 11 is 1.58. The Morgan fingerprint density at radius 2 is 2.17 bits per heavy atom. The second kappa shape index (κ2) is 7.57. The van der Waals surface area contributed by atoms with Gasteiger partial charge in [-0.2, -0.15) is 0 Å². The van der Waals surface area contributed by atoms with Gasteiger partial charge in [-0.15, -0.1) is 11.3 Å². The van der Waals surface area contributed by atoms with E-state index >= 15 is 0 Å². The van der Waals surface area contributed by atoms with Crippen LogP contribution >= 0.6 is 11.3 Å². The molecule has 0 saturated carbocycles. The number of nitrogens with zero attached hydrogens (tertiary/aromatic N) is 2. The molecule has 2 aromatic rings. The monoisotopic (exact) mass is 343 g/mol. The quantitative estimate of drug-likeness (QED) is 0.903. The number of rotatable bonds is 5. The Morgan fingerprint density at radius 3 is 2.88 bits per heavy atom. The van der Waals surface area contributed by atoms with E-state index in [1.165, 1.54) is 0 Å². The number of carbonyl (C=O) groups is 2. The third kappa shape index (κ3) is 3.82. The molecule has 1 aliphatic heterocycles. The summed E-state index contributed by atoms with van der Waals surface area (Å²) < 4.78 is 0. The molecule has 1 aromatic carbocycles. The summed E-state index contributed by atoms with van der Waals surface area (Å²) in [6.07, 6.45) is 1.66. The van der Waals surface area contributed by atoms with Crippen LogP contribution in [0.5, 0.6) is 0 Å². The minimum Gasteiger partial charge on any atom is -0.353 e. The van der Waals surface area contributed by atoms with Gasteiger partial charge in [0.2, 0.25) is 11.8 Å². The molecule has 5 nitrogen and oxygen atoms in total. The molecule has 0 unspecified atom stereocenters. The summed E-state index contributed by atoms with van der Waals surface area (Å²) in [7, 11) is 0. The molecule has 1 fully saturated rings. The van der Waals surface area contributed by atoms with Crippen LogP contribution in [-0.2, 0) is 22.4 Å². The molecule has 0 spiro atoms. The summed E-state index contributed by atoms with van der Waals surface area (Å²) in [5.74, 6) is -0.0222. The van der Waals surface area contributed by atoms with Crippen molar-refractivity contribution in [2.75, 3.05) is 13.1 Å². The third-order valence-corrected chi connectivity index (χ3v) is 5.33. The number of carbonyl (C=O) groups excluding carboxylic acids is 2. The third-order valence-electron chi connectivity index (χ3n) is 4.33. The molecule has 2 heterocycles. The molecular formula is C18H21N3O2S. The highest BCUT2D eigenvalue weighted by Crippen LogP contribution is 2.17. The van der Waals surface area contributed by atoms with E-state index in [0.29, 0.717) is 32.4 Å². The number of piperazine rings is 1. The summed E-state index contributed by atoms with van der Waals surface area (Å²) in [5, 5.41) is 2.88. The SMILES string of the molecule is Cc1ncsc1CCC(=O)N1CCNC(=O)[C@@H]1Cc1ccccc1. The standard InChI is InChI=1S/C18H21N3O2S/c1-13-16(24-12-20-13)7-8-17(22)21-10-9-19-18(23)15(21)11-14-5-3-2-4-6-14/h2-6,12,15H,7-11H2,1H3,(H,19,23)/t15-/m0/s1. The highest BCUT2D eigenvalue weighted by Gasteiger charge is 2.32. The van der Waals surface area contributed by atoms with Crippen LogP contribution in [-0.4, -0.2) is 40.8 Å². The van der Waals surface area contributed by atoms with E-state index < -0.39 is 6.04 Å². The largest absolute Gasteiger partial charge is 0.353 e. The lowest BCUT2D eigenvalue weighted by molar-refractivity contribution is -0.143. The zero-order valence-corrected chi connectivity index (χ0v) is 14.5. The fourth-order valence-corrected chi connectivity index (χ4v) is 3.76. The first-order chi connectivity index (χ1) is 11.6. The van der Waals surface area contributed by atoms with Crippen molar-refractivity contribution in [1.29, 1.82) is 0 Å². The topological polar surface area (TPSA) is 62.3 Å². The van der Waals surface area contributed by atoms with Crippen molar-refractivity contribution < 1.29 is 9.59 Å². The molecule has 0 radical (unpaired) electrons. The van der Waals surface area contributed by atoms with Crippen LogP contribution in [0.1, 0.15) is 22.6 Å². The lowest BCUT2D eigenvalue weighted by Crippen LogP contribution is -2.58. The van der Waals surface area contributed by atoms with Crippen molar-refractivity contribution in [1.82, 2.24) is 15.2 Å². The Kier molecular flexibility index (Phi) is 5.25. The van der Waals surface area contributed by atoms with Crippen LogP contribution in [0.4, 0.5) is 0 Å². The van der Waals surface area contributed by atoms with Crippen LogP contribution in [0.25, 0.3) is 0 Å². The lowest BCUT2D eigenvalue weighted by Gasteiger charge is -2.35. The number of aromatic nitrogens is 1. The maximum absolute atomic E-state index is 12.7. The molecule has 1 aromatic heterocycles. The average molecular weight is 343 g/mol. The summed E-state index contributed by atoms with van der Waals surface area (Å²) in [6.45, 7) is 3.06. The molecule has 2 amide bonds. The van der Waals surface area contributed by atoms with Gasteiger partial charge in [-0.1, -0.05) is 30.3 Å². The van der Waals surface area contributed by atoms with E-state index in [0.717, 1.165) is 16.1 Å². The predicted octanol–water partition coefficient (Wildman–Crippen LogP) is 1.95. The smallest absolute Gasteiger partial charge is 0.243 e. The number of amides is 2. The van der Waals surface area contributed by atoms with Gasteiger partial charge in [-0.3, -0.25) is 9.59 Å². The fourth-order valence-electron chi connectivity index (χ4n) is 2.98. The van der Waals surface area contributed by atoms with Gasteiger partial charge in [-0.25, -0.2) is 4.98 Å². The lowest BCUT2D eigenvalue weighted by atomic mass is 10.0. The summed E-state index contributed by atoms with van der Waals surface area (Å²) in [6, 6.07) is 9.42. The Labute approximate surface area is 145 Å². The van der Waals surface area contributed by atoms with Crippen molar-refractivity contribution in [3.8, 4) is 0 Å². The van der Waals surface area contributed by atoms with Gasteiger partial charge in [0.25, 0.3) is 0 Å². The zero-order valence-electron chi connectivity index (χ0n) is 13.7. The van der Waals surface area contributed by atoms with E-state index in [1.54, 1.807) is 16.2 Å². The van der Waals surface area contributed by atoms with Crippen LogP contribution in [0, 0.1) is 6.92 Å². The number of thiazole rings is 1. The molecule has 126 valence electrons. The maximum Gasteiger partial charge on any atom is 0.243 e. The van der Waals surface area contributed by atoms with Gasteiger partial charge < -0.3 is 10.2 Å². The van der Waals surface area contributed by atoms with Crippen molar-refractivity contribution in [3.63, 3.8) is 0 Å². The summed E-state index contributed by atoms with van der Waals surface area (Å²) in [5.41, 5.74) is 3.86. The molecule has 1 N–H and O–H groups in total. The van der Waals surface area contributed by atoms with Crippen molar-refractivity contribution in [2.24, 2.45) is 0 Å². The molecule has 6 heteroatoms. The normalized spacial score (nSPS) is 17.6. The molecule has 1 saturated heterocycles. The fraction of sp³-hybridized carbons (Fsp3) is 0.389. The van der Waals surface area contributed by atoms with Gasteiger partial charge in [0.1, 0.15) is 6.04 Å². The molecule has 0 aliphatic carbocycles. The minimum absolute atomic E-state index is 0.0404. The van der Waals surface area contributed by atoms with Gasteiger partial charge in [-0.05, 0) is 18.9 Å². The Morgan fingerprint density at radius 1 is 1.38 bits per heavy atom. The minimum atomic E-state index is -0.420. The summed E-state index contributed by atoms with van der Waals surface area (Å²) in [4.78, 5) is 32.1. The van der Waals surface area contributed by atoms with Gasteiger partial charge in [0.15, 0.2) is 0 Å². The number of benzene rings is 1. The first-order valence-corrected chi connectivity index (χ1v) is 9.03. The maximum atomic E-state index is 12.7. The Bertz CT molecular complexity index is 714. The average Bonchev–Trinajstić information content (AvgIpc) is 3.00. The van der Waals surface area contributed by atoms with E-state index in [2.05, 4.69) is 10.3 Å². The van der Waals surface area contributed by atoms with E-state index in [4.69, 9.17) is 0 Å². The van der Waals surface area contributed by atoms with Crippen molar-refractivity contribution in [2.45, 2.75) is 32.2 Å². The van der Waals surface area contributed by atoms with Crippen molar-refractivity contribution in [3.05, 3.63) is 52.0 Å². The van der Waals surface area contributed by atoms with Crippen LogP contribution in [0.2, 0.25) is 0 Å². The highest BCUT2D eigenvalue weighted by atomic mass is 32.1. The first-order valence-electron chi connectivity index (χ1n) is 8.15. The number of hydrogen-bond donors (Lipinski definition) is 1. The Balaban J connectivity index is 1.67. The van der Waals surface area contributed by atoms with Crippen molar-refractivity contribution >= 4 is 23.2 Å². The molecule has 0 bridgehead atoms. The Hall–Kier alpha value is -2.21. The number of aryl methyl sites for hydroxylation is 2. The molecule has 1 aliphatic rings. The van der Waals surface area contributed by atoms with Crippen LogP contribution < -0.4 is 5.32 Å². The van der Waals surface area contributed by atoms with E-state index in [9.17, 15) is 9.59 Å². The zero-order chi connectivity index (χ0) is 16.9. The predicted molar refractivity (Wildman–Crippen MR) is 93.8 cm³/mol. The molecular weight excluding hydrogens is 322 g/mol. The van der Waals surface area contributed by atoms with E-state index in [-0.39, 0.29) is 11.8 Å². The van der Waals surface area contributed by atoms with E-state index in [1.807, 2.05) is 42.8 Å². The molecule has 1 atom stereocenters.